The summed E-state index contributed by atoms with van der Waals surface area (Å²) >= 11 is 3.06. The third kappa shape index (κ3) is 3.86. The molecule has 0 amide bonds. The van der Waals surface area contributed by atoms with Crippen LogP contribution in [0, 0.1) is 0 Å². The highest BCUT2D eigenvalue weighted by Gasteiger charge is 2.32. The molecule has 13 heavy (non-hydrogen) atoms. The lowest BCUT2D eigenvalue weighted by Crippen LogP contribution is -2.48. The zero-order valence-electron chi connectivity index (χ0n) is 7.35. The standard InChI is InChI=1S/C6H12BrF2NO2S/c1-3-6(2,4-7)10-13(11,12)5(8)9/h5,10H,3-4H2,1-2H3. The summed E-state index contributed by atoms with van der Waals surface area (Å²) in [4.78, 5) is 0. The van der Waals surface area contributed by atoms with E-state index >= 15 is 0 Å². The molecule has 0 heterocycles. The van der Waals surface area contributed by atoms with Crippen LogP contribution < -0.4 is 4.72 Å². The van der Waals surface area contributed by atoms with Gasteiger partial charge in [0.15, 0.2) is 0 Å². The molecule has 0 spiro atoms. The van der Waals surface area contributed by atoms with Crippen LogP contribution in [0.5, 0.6) is 0 Å². The third-order valence-corrected chi connectivity index (χ3v) is 4.18. The van der Waals surface area contributed by atoms with E-state index in [1.807, 2.05) is 4.72 Å². The normalized spacial score (nSPS) is 17.4. The van der Waals surface area contributed by atoms with Gasteiger partial charge in [-0.2, -0.15) is 8.78 Å². The van der Waals surface area contributed by atoms with Crippen LogP contribution in [-0.2, 0) is 10.0 Å². The maximum atomic E-state index is 11.9. The van der Waals surface area contributed by atoms with Crippen molar-refractivity contribution < 1.29 is 17.2 Å². The maximum absolute atomic E-state index is 11.9. The first-order chi connectivity index (χ1) is 5.77. The van der Waals surface area contributed by atoms with Crippen LogP contribution in [-0.4, -0.2) is 25.0 Å². The van der Waals surface area contributed by atoms with E-state index in [0.717, 1.165) is 0 Å². The van der Waals surface area contributed by atoms with Crippen LogP contribution in [0.3, 0.4) is 0 Å². The van der Waals surface area contributed by atoms with Crippen LogP contribution in [0.1, 0.15) is 20.3 Å². The lowest BCUT2D eigenvalue weighted by Gasteiger charge is -2.26. The Hall–Kier alpha value is 0.250. The molecular formula is C6H12BrF2NO2S. The molecule has 0 aromatic heterocycles. The Bertz CT molecular complexity index is 251. The van der Waals surface area contributed by atoms with Gasteiger partial charge in [0.2, 0.25) is 0 Å². The average molecular weight is 280 g/mol. The van der Waals surface area contributed by atoms with Crippen molar-refractivity contribution in [3.05, 3.63) is 0 Å². The highest BCUT2D eigenvalue weighted by Crippen LogP contribution is 2.16. The smallest absolute Gasteiger partial charge is 0.206 e. The zero-order valence-corrected chi connectivity index (χ0v) is 9.75. The Labute approximate surface area is 85.1 Å². The van der Waals surface area contributed by atoms with Gasteiger partial charge in [0.05, 0.1) is 0 Å². The molecule has 0 aliphatic carbocycles. The molecule has 0 radical (unpaired) electrons. The first kappa shape index (κ1) is 13.2. The molecule has 1 N–H and O–H groups in total. The van der Waals surface area contributed by atoms with Gasteiger partial charge in [-0.3, -0.25) is 0 Å². The topological polar surface area (TPSA) is 46.2 Å². The largest absolute Gasteiger partial charge is 0.350 e. The number of sulfonamides is 1. The van der Waals surface area contributed by atoms with Crippen molar-refractivity contribution in [1.29, 1.82) is 0 Å². The summed E-state index contributed by atoms with van der Waals surface area (Å²) in [6.07, 6.45) is 0.435. The van der Waals surface area contributed by atoms with Gasteiger partial charge in [0, 0.05) is 10.9 Å². The van der Waals surface area contributed by atoms with Crippen LogP contribution in [0.15, 0.2) is 0 Å². The Kier molecular flexibility index (Phi) is 4.74. The van der Waals surface area contributed by atoms with E-state index < -0.39 is 21.3 Å². The number of hydrogen-bond donors (Lipinski definition) is 1. The fourth-order valence-electron chi connectivity index (χ4n) is 0.582. The number of rotatable bonds is 5. The SMILES string of the molecule is CCC(C)(CBr)NS(=O)(=O)C(F)F. The Morgan fingerprint density at radius 1 is 1.54 bits per heavy atom. The molecule has 0 fully saturated rings. The molecule has 7 heteroatoms. The quantitative estimate of drug-likeness (QED) is 0.779. The van der Waals surface area contributed by atoms with Crippen molar-refractivity contribution >= 4 is 26.0 Å². The van der Waals surface area contributed by atoms with Gasteiger partial charge >= 0.3 is 5.76 Å². The highest BCUT2D eigenvalue weighted by atomic mass is 79.9. The predicted octanol–water partition coefficient (Wildman–Crippen LogP) is 1.69. The monoisotopic (exact) mass is 279 g/mol. The third-order valence-electron chi connectivity index (χ3n) is 1.70. The van der Waals surface area contributed by atoms with Crippen LogP contribution in [0.4, 0.5) is 8.78 Å². The predicted molar refractivity (Wildman–Crippen MR) is 50.5 cm³/mol. The summed E-state index contributed by atoms with van der Waals surface area (Å²) in [5.74, 6) is -3.38. The molecule has 0 rings (SSSR count). The summed E-state index contributed by atoms with van der Waals surface area (Å²) in [5.41, 5.74) is -0.852. The van der Waals surface area contributed by atoms with Gasteiger partial charge in [0.25, 0.3) is 10.0 Å². The van der Waals surface area contributed by atoms with Gasteiger partial charge in [-0.1, -0.05) is 22.9 Å². The molecule has 0 saturated carbocycles. The van der Waals surface area contributed by atoms with E-state index in [-0.39, 0.29) is 0 Å². The van der Waals surface area contributed by atoms with Crippen molar-refractivity contribution in [1.82, 2.24) is 4.72 Å². The number of hydrogen-bond acceptors (Lipinski definition) is 2. The Morgan fingerprint density at radius 3 is 2.23 bits per heavy atom. The fraction of sp³-hybridized carbons (Fsp3) is 1.00. The highest BCUT2D eigenvalue weighted by molar-refractivity contribution is 9.09. The number of halogens is 3. The van der Waals surface area contributed by atoms with E-state index in [4.69, 9.17) is 0 Å². The molecule has 0 aromatic carbocycles. The molecule has 0 aromatic rings. The summed E-state index contributed by atoms with van der Waals surface area (Å²) in [6, 6.07) is 0. The fourth-order valence-corrected chi connectivity index (χ4v) is 2.30. The molecule has 0 aliphatic heterocycles. The Balaban J connectivity index is 4.60. The van der Waals surface area contributed by atoms with Crippen molar-refractivity contribution in [3.63, 3.8) is 0 Å². The van der Waals surface area contributed by atoms with E-state index in [2.05, 4.69) is 15.9 Å². The van der Waals surface area contributed by atoms with E-state index in [9.17, 15) is 17.2 Å². The van der Waals surface area contributed by atoms with Crippen LogP contribution >= 0.6 is 15.9 Å². The van der Waals surface area contributed by atoms with Gasteiger partial charge in [-0.25, -0.2) is 13.1 Å². The van der Waals surface area contributed by atoms with Crippen molar-refractivity contribution in [2.24, 2.45) is 0 Å². The van der Waals surface area contributed by atoms with Crippen LogP contribution in [0.2, 0.25) is 0 Å². The summed E-state index contributed by atoms with van der Waals surface area (Å²) < 4.78 is 47.4. The molecule has 1 unspecified atom stereocenters. The van der Waals surface area contributed by atoms with Gasteiger partial charge in [-0.05, 0) is 13.3 Å². The molecule has 80 valence electrons. The maximum Gasteiger partial charge on any atom is 0.350 e. The minimum atomic E-state index is -4.49. The summed E-state index contributed by atoms with van der Waals surface area (Å²) in [5, 5.41) is 0.294. The first-order valence-electron chi connectivity index (χ1n) is 3.64. The first-order valence-corrected chi connectivity index (χ1v) is 6.31. The Morgan fingerprint density at radius 2 is 2.00 bits per heavy atom. The lowest BCUT2D eigenvalue weighted by molar-refractivity contribution is 0.229. The molecule has 0 saturated heterocycles. The van der Waals surface area contributed by atoms with Gasteiger partial charge < -0.3 is 0 Å². The van der Waals surface area contributed by atoms with Gasteiger partial charge in [0.1, 0.15) is 0 Å². The number of alkyl halides is 3. The average Bonchev–Trinajstić information content (AvgIpc) is 2.03. The van der Waals surface area contributed by atoms with E-state index in [1.54, 1.807) is 13.8 Å². The van der Waals surface area contributed by atoms with Crippen molar-refractivity contribution in [2.45, 2.75) is 31.6 Å². The van der Waals surface area contributed by atoms with Crippen LogP contribution in [0.25, 0.3) is 0 Å². The molecule has 0 bridgehead atoms. The summed E-state index contributed by atoms with van der Waals surface area (Å²) in [7, 11) is -4.49. The molecule has 3 nitrogen and oxygen atoms in total. The van der Waals surface area contributed by atoms with E-state index in [1.165, 1.54) is 0 Å². The zero-order chi connectivity index (χ0) is 10.7. The molecule has 0 aliphatic rings. The number of nitrogens with one attached hydrogen (secondary N) is 1. The molecular weight excluding hydrogens is 268 g/mol. The second kappa shape index (κ2) is 4.65. The van der Waals surface area contributed by atoms with Crippen molar-refractivity contribution in [2.75, 3.05) is 5.33 Å². The minimum Gasteiger partial charge on any atom is -0.206 e. The lowest BCUT2D eigenvalue weighted by atomic mass is 10.0. The second-order valence-electron chi connectivity index (χ2n) is 2.96. The molecule has 1 atom stereocenters. The van der Waals surface area contributed by atoms with Crippen molar-refractivity contribution in [3.8, 4) is 0 Å². The second-order valence-corrected chi connectivity index (χ2v) is 5.17. The van der Waals surface area contributed by atoms with E-state index in [0.29, 0.717) is 11.8 Å². The summed E-state index contributed by atoms with van der Waals surface area (Å²) in [6.45, 7) is 3.27. The minimum absolute atomic E-state index is 0.294. The van der Waals surface area contributed by atoms with Gasteiger partial charge in [-0.15, -0.1) is 0 Å².